The van der Waals surface area contributed by atoms with E-state index in [1.54, 1.807) is 0 Å². The van der Waals surface area contributed by atoms with E-state index in [4.69, 9.17) is 0 Å². The van der Waals surface area contributed by atoms with Gasteiger partial charge in [-0.2, -0.15) is 8.81 Å². The standard InChI is InChI=1S/C12H10.C6H6OP/c1-3-7-11(8-4-1)12-9-5-2-6-10-12;7-8-6-4-2-1-3-5-6/h1-10H;1-5,8H/q;-1. The van der Waals surface area contributed by atoms with Gasteiger partial charge in [0.15, 0.2) is 0 Å². The Balaban J connectivity index is 0.000000160. The van der Waals surface area contributed by atoms with Crippen molar-refractivity contribution in [1.29, 1.82) is 0 Å². The van der Waals surface area contributed by atoms with Crippen molar-refractivity contribution in [2.75, 3.05) is 0 Å². The molecule has 0 aliphatic rings. The summed E-state index contributed by atoms with van der Waals surface area (Å²) in [5, 5.41) is 0.882. The molecule has 0 radical (unpaired) electrons. The minimum absolute atomic E-state index is 0.320. The van der Waals surface area contributed by atoms with E-state index in [2.05, 4.69) is 48.5 Å². The van der Waals surface area contributed by atoms with Gasteiger partial charge in [-0.05, 0) is 16.4 Å². The maximum absolute atomic E-state index is 10.2. The van der Waals surface area contributed by atoms with E-state index in [0.29, 0.717) is 0 Å². The summed E-state index contributed by atoms with van der Waals surface area (Å²) in [4.78, 5) is 10.2. The smallest absolute Gasteiger partial charge is 0.0184 e. The highest BCUT2D eigenvalue weighted by atomic mass is 31.1. The zero-order valence-electron chi connectivity index (χ0n) is 11.1. The Kier molecular flexibility index (Phi) is 5.98. The van der Waals surface area contributed by atoms with Crippen LogP contribution in [0.1, 0.15) is 0 Å². The van der Waals surface area contributed by atoms with Crippen LogP contribution in [0.5, 0.6) is 0 Å². The van der Waals surface area contributed by atoms with Gasteiger partial charge in [-0.1, -0.05) is 91.0 Å². The van der Waals surface area contributed by atoms with Crippen molar-refractivity contribution in [2.24, 2.45) is 0 Å². The molecule has 0 fully saturated rings. The molecule has 1 unspecified atom stereocenters. The molecule has 3 aromatic rings. The Bertz CT molecular complexity index is 557. The fourth-order valence-corrected chi connectivity index (χ4v) is 2.10. The number of hydrogen-bond donors (Lipinski definition) is 0. The topological polar surface area (TPSA) is 23.1 Å². The molecule has 0 saturated carbocycles. The quantitative estimate of drug-likeness (QED) is 0.657. The molecule has 0 saturated heterocycles. The molecule has 1 nitrogen and oxygen atoms in total. The molecule has 0 aliphatic heterocycles. The van der Waals surface area contributed by atoms with Crippen molar-refractivity contribution in [3.63, 3.8) is 0 Å². The van der Waals surface area contributed by atoms with E-state index < -0.39 is 0 Å². The fraction of sp³-hybridized carbons (Fsp3) is 0. The lowest BCUT2D eigenvalue weighted by Gasteiger charge is -2.01. The van der Waals surface area contributed by atoms with E-state index in [-0.39, 0.29) is 8.81 Å². The Morgan fingerprint density at radius 2 is 0.850 bits per heavy atom. The van der Waals surface area contributed by atoms with Gasteiger partial charge < -0.3 is 4.89 Å². The lowest BCUT2D eigenvalue weighted by Crippen LogP contribution is -1.97. The SMILES string of the molecule is [O-]Pc1ccccc1.c1ccc(-c2ccccc2)cc1. The van der Waals surface area contributed by atoms with Gasteiger partial charge in [-0.25, -0.2) is 0 Å². The first-order valence-corrected chi connectivity index (χ1v) is 7.34. The van der Waals surface area contributed by atoms with Crippen molar-refractivity contribution < 1.29 is 4.89 Å². The van der Waals surface area contributed by atoms with Crippen molar-refractivity contribution >= 4 is 14.1 Å². The van der Waals surface area contributed by atoms with Crippen LogP contribution in [0.2, 0.25) is 0 Å². The monoisotopic (exact) mass is 279 g/mol. The number of rotatable bonds is 2. The van der Waals surface area contributed by atoms with Crippen molar-refractivity contribution in [3.8, 4) is 11.1 Å². The van der Waals surface area contributed by atoms with Crippen LogP contribution in [0.15, 0.2) is 91.0 Å². The molecule has 0 amide bonds. The first-order valence-electron chi connectivity index (χ1n) is 6.44. The highest BCUT2D eigenvalue weighted by molar-refractivity contribution is 7.39. The summed E-state index contributed by atoms with van der Waals surface area (Å²) >= 11 is 0. The third-order valence-corrected chi connectivity index (χ3v) is 3.34. The van der Waals surface area contributed by atoms with Crippen LogP contribution in [-0.2, 0) is 0 Å². The van der Waals surface area contributed by atoms with Gasteiger partial charge in [0.25, 0.3) is 0 Å². The van der Waals surface area contributed by atoms with Crippen LogP contribution >= 0.6 is 8.81 Å². The summed E-state index contributed by atoms with van der Waals surface area (Å²) in [6.07, 6.45) is 0. The molecular weight excluding hydrogens is 263 g/mol. The van der Waals surface area contributed by atoms with Crippen molar-refractivity contribution in [3.05, 3.63) is 91.0 Å². The first kappa shape index (κ1) is 14.5. The predicted octanol–water partition coefficient (Wildman–Crippen LogP) is 3.62. The second kappa shape index (κ2) is 8.27. The highest BCUT2D eigenvalue weighted by Crippen LogP contribution is 2.17. The lowest BCUT2D eigenvalue weighted by molar-refractivity contribution is -0.147. The summed E-state index contributed by atoms with van der Waals surface area (Å²) in [5.74, 6) is 0. The fourth-order valence-electron chi connectivity index (χ4n) is 1.77. The molecule has 0 bridgehead atoms. The Hall–Kier alpha value is -1.95. The highest BCUT2D eigenvalue weighted by Gasteiger charge is 1.91. The Labute approximate surface area is 121 Å². The third-order valence-electron chi connectivity index (χ3n) is 2.77. The summed E-state index contributed by atoms with van der Waals surface area (Å²) in [5.41, 5.74) is 2.55. The number of benzene rings is 3. The molecule has 100 valence electrons. The maximum atomic E-state index is 10.2. The molecule has 1 atom stereocenters. The van der Waals surface area contributed by atoms with Crippen LogP contribution in [0, 0.1) is 0 Å². The van der Waals surface area contributed by atoms with Gasteiger partial charge in [0.1, 0.15) is 0 Å². The van der Waals surface area contributed by atoms with Crippen molar-refractivity contribution in [1.82, 2.24) is 0 Å². The van der Waals surface area contributed by atoms with Crippen LogP contribution in [0.25, 0.3) is 11.1 Å². The largest absolute Gasteiger partial charge is 0.828 e. The van der Waals surface area contributed by atoms with Gasteiger partial charge in [-0.15, -0.1) is 0 Å². The van der Waals surface area contributed by atoms with Crippen molar-refractivity contribution in [2.45, 2.75) is 0 Å². The molecule has 0 N–H and O–H groups in total. The molecule has 3 aromatic carbocycles. The minimum atomic E-state index is -0.320. The van der Waals surface area contributed by atoms with Gasteiger partial charge in [0.05, 0.1) is 0 Å². The van der Waals surface area contributed by atoms with E-state index in [0.717, 1.165) is 5.30 Å². The average molecular weight is 279 g/mol. The molecule has 3 rings (SSSR count). The summed E-state index contributed by atoms with van der Waals surface area (Å²) in [7, 11) is -0.320. The molecule has 20 heavy (non-hydrogen) atoms. The molecule has 2 heteroatoms. The Morgan fingerprint density at radius 1 is 0.500 bits per heavy atom. The van der Waals surface area contributed by atoms with Crippen LogP contribution in [-0.4, -0.2) is 0 Å². The third kappa shape index (κ3) is 4.62. The normalized spacial score (nSPS) is 10.1. The van der Waals surface area contributed by atoms with Gasteiger partial charge in [0, 0.05) is 0 Å². The second-order valence-corrected chi connectivity index (χ2v) is 4.98. The molecular formula is C18H16OP-. The zero-order valence-corrected chi connectivity index (χ0v) is 12.1. The van der Waals surface area contributed by atoms with Gasteiger partial charge in [-0.3, -0.25) is 0 Å². The summed E-state index contributed by atoms with van der Waals surface area (Å²) in [6, 6.07) is 30.1. The van der Waals surface area contributed by atoms with E-state index in [1.165, 1.54) is 11.1 Å². The molecule has 0 aromatic heterocycles. The molecule has 0 aliphatic carbocycles. The maximum Gasteiger partial charge on any atom is -0.0184 e. The average Bonchev–Trinajstić information content (AvgIpc) is 2.58. The van der Waals surface area contributed by atoms with Gasteiger partial charge >= 0.3 is 0 Å². The zero-order chi connectivity index (χ0) is 14.0. The first-order chi connectivity index (χ1) is 9.90. The minimum Gasteiger partial charge on any atom is -0.828 e. The van der Waals surface area contributed by atoms with Gasteiger partial charge in [0.2, 0.25) is 0 Å². The molecule has 0 heterocycles. The van der Waals surface area contributed by atoms with Crippen LogP contribution in [0.4, 0.5) is 0 Å². The van der Waals surface area contributed by atoms with E-state index in [9.17, 15) is 4.89 Å². The number of hydrogen-bond acceptors (Lipinski definition) is 1. The summed E-state index contributed by atoms with van der Waals surface area (Å²) in [6.45, 7) is 0. The van der Waals surface area contributed by atoms with Crippen LogP contribution < -0.4 is 10.2 Å². The van der Waals surface area contributed by atoms with E-state index in [1.807, 2.05) is 42.5 Å². The van der Waals surface area contributed by atoms with E-state index >= 15 is 0 Å². The summed E-state index contributed by atoms with van der Waals surface area (Å²) < 4.78 is 0. The van der Waals surface area contributed by atoms with Crippen LogP contribution in [0.3, 0.4) is 0 Å². The predicted molar refractivity (Wildman–Crippen MR) is 86.3 cm³/mol. The lowest BCUT2D eigenvalue weighted by atomic mass is 10.1. The second-order valence-electron chi connectivity index (χ2n) is 4.20. The Morgan fingerprint density at radius 3 is 1.15 bits per heavy atom. The molecule has 0 spiro atoms.